The average Bonchev–Trinajstić information content (AvgIpc) is 2.89. The molecule has 0 bridgehead atoms. The van der Waals surface area contributed by atoms with E-state index in [-0.39, 0.29) is 36.4 Å². The highest BCUT2D eigenvalue weighted by atomic mass is 19.1. The van der Waals surface area contributed by atoms with E-state index in [0.29, 0.717) is 0 Å². The number of nitrogens with zero attached hydrogens (tertiary/aromatic N) is 2. The molecular formula is C14H17F2N3O2. The molecule has 0 radical (unpaired) electrons. The molecule has 2 aromatic rings. The predicted octanol–water partition coefficient (Wildman–Crippen LogP) is 2.36. The van der Waals surface area contributed by atoms with E-state index in [2.05, 4.69) is 10.1 Å². The van der Waals surface area contributed by atoms with Gasteiger partial charge >= 0.3 is 0 Å². The first-order valence-electron chi connectivity index (χ1n) is 6.60. The van der Waals surface area contributed by atoms with Gasteiger partial charge in [0.2, 0.25) is 5.89 Å². The molecule has 1 atom stereocenters. The fraction of sp³-hybridized carbons (Fsp3) is 0.429. The van der Waals surface area contributed by atoms with Gasteiger partial charge in [-0.25, -0.2) is 8.78 Å². The standard InChI is InChI=1S/C14H17F2N3O2/c1-8(2)20-7-12(17)14-18-13(21-19-14)6-9-10(15)4-3-5-11(9)16/h3-5,8,12H,6-7,17H2,1-2H3. The van der Waals surface area contributed by atoms with Crippen LogP contribution >= 0.6 is 0 Å². The van der Waals surface area contributed by atoms with E-state index in [9.17, 15) is 8.78 Å². The molecule has 0 fully saturated rings. The minimum atomic E-state index is -0.651. The first-order chi connectivity index (χ1) is 9.97. The van der Waals surface area contributed by atoms with E-state index in [1.165, 1.54) is 18.2 Å². The lowest BCUT2D eigenvalue weighted by atomic mass is 10.1. The van der Waals surface area contributed by atoms with E-state index in [4.69, 9.17) is 15.0 Å². The Hall–Kier alpha value is -1.86. The van der Waals surface area contributed by atoms with Gasteiger partial charge in [-0.15, -0.1) is 0 Å². The van der Waals surface area contributed by atoms with Gasteiger partial charge in [0.1, 0.15) is 11.6 Å². The summed E-state index contributed by atoms with van der Waals surface area (Å²) in [6.07, 6.45) is -0.0848. The minimum absolute atomic E-state index is 0.0370. The largest absolute Gasteiger partial charge is 0.377 e. The molecule has 2 rings (SSSR count). The zero-order valence-electron chi connectivity index (χ0n) is 11.8. The molecule has 114 valence electrons. The fourth-order valence-corrected chi connectivity index (χ4v) is 1.71. The summed E-state index contributed by atoms with van der Waals surface area (Å²) >= 11 is 0. The quantitative estimate of drug-likeness (QED) is 0.886. The molecule has 0 saturated heterocycles. The van der Waals surface area contributed by atoms with Crippen molar-refractivity contribution in [3.05, 3.63) is 47.1 Å². The summed E-state index contributed by atoms with van der Waals surface area (Å²) in [6.45, 7) is 4.01. The SMILES string of the molecule is CC(C)OCC(N)c1noc(Cc2c(F)cccc2F)n1. The molecular weight excluding hydrogens is 280 g/mol. The first kappa shape index (κ1) is 15.5. The van der Waals surface area contributed by atoms with Crippen molar-refractivity contribution in [3.63, 3.8) is 0 Å². The lowest BCUT2D eigenvalue weighted by molar-refractivity contribution is 0.0665. The van der Waals surface area contributed by atoms with E-state index in [1.807, 2.05) is 13.8 Å². The van der Waals surface area contributed by atoms with Crippen LogP contribution in [0.4, 0.5) is 8.78 Å². The van der Waals surface area contributed by atoms with Gasteiger partial charge < -0.3 is 15.0 Å². The molecule has 1 heterocycles. The zero-order chi connectivity index (χ0) is 15.4. The number of nitrogens with two attached hydrogens (primary N) is 1. The smallest absolute Gasteiger partial charge is 0.231 e. The second-order valence-corrected chi connectivity index (χ2v) is 4.91. The molecule has 7 heteroatoms. The van der Waals surface area contributed by atoms with Crippen LogP contribution in [-0.4, -0.2) is 22.9 Å². The Morgan fingerprint density at radius 1 is 1.29 bits per heavy atom. The highest BCUT2D eigenvalue weighted by Crippen LogP contribution is 2.17. The van der Waals surface area contributed by atoms with Crippen LogP contribution in [0, 0.1) is 11.6 Å². The van der Waals surface area contributed by atoms with Gasteiger partial charge in [0.05, 0.1) is 25.2 Å². The molecule has 21 heavy (non-hydrogen) atoms. The molecule has 0 amide bonds. The lowest BCUT2D eigenvalue weighted by Gasteiger charge is -2.10. The van der Waals surface area contributed by atoms with Crippen LogP contribution in [0.3, 0.4) is 0 Å². The van der Waals surface area contributed by atoms with Crippen molar-refractivity contribution in [1.29, 1.82) is 0 Å². The maximum Gasteiger partial charge on any atom is 0.231 e. The second-order valence-electron chi connectivity index (χ2n) is 4.91. The molecule has 2 N–H and O–H groups in total. The second kappa shape index (κ2) is 6.73. The molecule has 0 spiro atoms. The Bertz CT molecular complexity index is 581. The maximum absolute atomic E-state index is 13.5. The van der Waals surface area contributed by atoms with E-state index < -0.39 is 17.7 Å². The molecule has 0 aliphatic rings. The van der Waals surface area contributed by atoms with Crippen molar-refractivity contribution in [3.8, 4) is 0 Å². The third kappa shape index (κ3) is 4.05. The highest BCUT2D eigenvalue weighted by Gasteiger charge is 2.17. The van der Waals surface area contributed by atoms with Gasteiger partial charge in [-0.1, -0.05) is 11.2 Å². The number of benzene rings is 1. The van der Waals surface area contributed by atoms with Gasteiger partial charge in [-0.3, -0.25) is 0 Å². The topological polar surface area (TPSA) is 74.2 Å². The summed E-state index contributed by atoms with van der Waals surface area (Å²) < 4.78 is 37.4. The van der Waals surface area contributed by atoms with Crippen molar-refractivity contribution in [2.75, 3.05) is 6.61 Å². The molecule has 0 aliphatic heterocycles. The number of aromatic nitrogens is 2. The Balaban J connectivity index is 2.06. The molecule has 0 saturated carbocycles. The monoisotopic (exact) mass is 297 g/mol. The predicted molar refractivity (Wildman–Crippen MR) is 71.5 cm³/mol. The van der Waals surface area contributed by atoms with Gasteiger partial charge in [0.25, 0.3) is 0 Å². The first-order valence-corrected chi connectivity index (χ1v) is 6.60. The van der Waals surface area contributed by atoms with Crippen LogP contribution in [-0.2, 0) is 11.2 Å². The summed E-state index contributed by atoms with van der Waals surface area (Å²) in [4.78, 5) is 4.05. The van der Waals surface area contributed by atoms with Crippen molar-refractivity contribution in [2.24, 2.45) is 5.73 Å². The molecule has 1 aromatic carbocycles. The van der Waals surface area contributed by atoms with Gasteiger partial charge in [0, 0.05) is 5.56 Å². The third-order valence-electron chi connectivity index (χ3n) is 2.81. The van der Waals surface area contributed by atoms with Crippen LogP contribution in [0.1, 0.15) is 37.2 Å². The number of halogens is 2. The van der Waals surface area contributed by atoms with E-state index in [0.717, 1.165) is 0 Å². The Labute approximate surface area is 121 Å². The number of rotatable bonds is 6. The molecule has 5 nitrogen and oxygen atoms in total. The third-order valence-corrected chi connectivity index (χ3v) is 2.81. The number of hydrogen-bond acceptors (Lipinski definition) is 5. The fourth-order valence-electron chi connectivity index (χ4n) is 1.71. The van der Waals surface area contributed by atoms with Crippen molar-refractivity contribution in [2.45, 2.75) is 32.4 Å². The average molecular weight is 297 g/mol. The number of hydrogen-bond donors (Lipinski definition) is 1. The molecule has 1 unspecified atom stereocenters. The maximum atomic E-state index is 13.5. The van der Waals surface area contributed by atoms with Gasteiger partial charge in [-0.2, -0.15) is 4.98 Å². The normalized spacial score (nSPS) is 12.9. The van der Waals surface area contributed by atoms with Crippen LogP contribution in [0.15, 0.2) is 22.7 Å². The van der Waals surface area contributed by atoms with Gasteiger partial charge in [-0.05, 0) is 26.0 Å². The van der Waals surface area contributed by atoms with Crippen LogP contribution in [0.5, 0.6) is 0 Å². The van der Waals surface area contributed by atoms with Crippen molar-refractivity contribution < 1.29 is 18.0 Å². The lowest BCUT2D eigenvalue weighted by Crippen LogP contribution is -2.20. The van der Waals surface area contributed by atoms with Crippen LogP contribution < -0.4 is 5.73 Å². The minimum Gasteiger partial charge on any atom is -0.377 e. The molecule has 0 aliphatic carbocycles. The molecule has 1 aromatic heterocycles. The Kier molecular flexibility index (Phi) is 4.98. The number of ether oxygens (including phenoxy) is 1. The van der Waals surface area contributed by atoms with E-state index in [1.54, 1.807) is 0 Å². The summed E-state index contributed by atoms with van der Waals surface area (Å²) in [7, 11) is 0. The Morgan fingerprint density at radius 2 is 1.95 bits per heavy atom. The van der Waals surface area contributed by atoms with Crippen LogP contribution in [0.2, 0.25) is 0 Å². The van der Waals surface area contributed by atoms with Crippen LogP contribution in [0.25, 0.3) is 0 Å². The summed E-state index contributed by atoms with van der Waals surface area (Å²) in [5, 5.41) is 3.71. The van der Waals surface area contributed by atoms with Crippen molar-refractivity contribution in [1.82, 2.24) is 10.1 Å². The highest BCUT2D eigenvalue weighted by molar-refractivity contribution is 5.22. The zero-order valence-corrected chi connectivity index (χ0v) is 11.8. The summed E-state index contributed by atoms with van der Waals surface area (Å²) in [5.74, 6) is -0.944. The van der Waals surface area contributed by atoms with E-state index >= 15 is 0 Å². The summed E-state index contributed by atoms with van der Waals surface area (Å²) in [5.41, 5.74) is 5.74. The van der Waals surface area contributed by atoms with Gasteiger partial charge in [0.15, 0.2) is 5.82 Å². The Morgan fingerprint density at radius 3 is 2.57 bits per heavy atom. The summed E-state index contributed by atoms with van der Waals surface area (Å²) in [6, 6.07) is 3.11. The van der Waals surface area contributed by atoms with Crippen molar-refractivity contribution >= 4 is 0 Å².